The molecule has 7 heteroatoms. The number of hydrogen-bond donors (Lipinski definition) is 0. The van der Waals surface area contributed by atoms with Crippen LogP contribution < -0.4 is 4.90 Å². The van der Waals surface area contributed by atoms with Crippen molar-refractivity contribution in [1.82, 2.24) is 14.7 Å². The topological polar surface area (TPSA) is 67.7 Å². The summed E-state index contributed by atoms with van der Waals surface area (Å²) in [5.74, 6) is 0.0942. The third-order valence-corrected chi connectivity index (χ3v) is 6.38. The Hall–Kier alpha value is -2.83. The van der Waals surface area contributed by atoms with E-state index in [9.17, 15) is 9.59 Å². The summed E-state index contributed by atoms with van der Waals surface area (Å²) in [5.41, 5.74) is 3.98. The molecule has 1 aromatic carbocycles. The van der Waals surface area contributed by atoms with Crippen molar-refractivity contribution in [2.24, 2.45) is 0 Å². The second-order valence-electron chi connectivity index (χ2n) is 10.0. The van der Waals surface area contributed by atoms with Gasteiger partial charge in [-0.2, -0.15) is 5.10 Å². The summed E-state index contributed by atoms with van der Waals surface area (Å²) in [6.07, 6.45) is 7.45. The van der Waals surface area contributed by atoms with Gasteiger partial charge in [-0.3, -0.25) is 9.48 Å². The Morgan fingerprint density at radius 1 is 1.09 bits per heavy atom. The molecule has 2 aliphatic rings. The molecule has 2 aliphatic heterocycles. The van der Waals surface area contributed by atoms with Crippen molar-refractivity contribution in [3.63, 3.8) is 0 Å². The molecule has 32 heavy (non-hydrogen) atoms. The molecule has 2 aromatic rings. The lowest BCUT2D eigenvalue weighted by atomic mass is 9.93. The van der Waals surface area contributed by atoms with Gasteiger partial charge in [0.05, 0.1) is 12.2 Å². The van der Waals surface area contributed by atoms with E-state index in [-0.39, 0.29) is 24.1 Å². The predicted octanol–water partition coefficient (Wildman–Crippen LogP) is 4.81. The number of amides is 2. The van der Waals surface area contributed by atoms with Gasteiger partial charge < -0.3 is 14.5 Å². The van der Waals surface area contributed by atoms with Crippen molar-refractivity contribution < 1.29 is 14.3 Å². The van der Waals surface area contributed by atoms with Crippen LogP contribution in [0.5, 0.6) is 0 Å². The number of fused-ring (bicyclic) bond motifs is 1. The maximum absolute atomic E-state index is 12.3. The standard InChI is InChI=1S/C25H34N4O3/c1-17-6-7-20-14-19(8-9-23(20)29(17)18(2)30)21-15-26-28(16-21)22-10-12-27(13-11-22)24(31)32-25(3,4)5/h8-9,14-17,22H,6-7,10-13H2,1-5H3/t17-/m0/s1. The van der Waals surface area contributed by atoms with Crippen molar-refractivity contribution in [2.75, 3.05) is 18.0 Å². The first-order valence-electron chi connectivity index (χ1n) is 11.6. The predicted molar refractivity (Wildman–Crippen MR) is 125 cm³/mol. The van der Waals surface area contributed by atoms with Crippen molar-refractivity contribution >= 4 is 17.7 Å². The molecule has 2 amide bonds. The van der Waals surface area contributed by atoms with E-state index in [4.69, 9.17) is 4.74 Å². The van der Waals surface area contributed by atoms with Crippen LogP contribution in [0.2, 0.25) is 0 Å². The second-order valence-corrected chi connectivity index (χ2v) is 10.0. The van der Waals surface area contributed by atoms with Crippen LogP contribution in [0, 0.1) is 0 Å². The highest BCUT2D eigenvalue weighted by Crippen LogP contribution is 2.34. The molecule has 0 radical (unpaired) electrons. The number of benzene rings is 1. The molecule has 0 aliphatic carbocycles. The molecular weight excluding hydrogens is 404 g/mol. The molecule has 3 heterocycles. The van der Waals surface area contributed by atoms with Gasteiger partial charge in [-0.25, -0.2) is 4.79 Å². The molecule has 1 saturated heterocycles. The summed E-state index contributed by atoms with van der Waals surface area (Å²) in [7, 11) is 0. The summed E-state index contributed by atoms with van der Waals surface area (Å²) in [6, 6.07) is 6.86. The lowest BCUT2D eigenvalue weighted by Crippen LogP contribution is -2.42. The first-order chi connectivity index (χ1) is 15.1. The Labute approximate surface area is 190 Å². The van der Waals surface area contributed by atoms with Crippen molar-refractivity contribution in [1.29, 1.82) is 0 Å². The van der Waals surface area contributed by atoms with Gasteiger partial charge in [0.1, 0.15) is 5.60 Å². The highest BCUT2D eigenvalue weighted by atomic mass is 16.6. The van der Waals surface area contributed by atoms with Gasteiger partial charge in [0.15, 0.2) is 0 Å². The second kappa shape index (κ2) is 8.60. The molecule has 4 rings (SSSR count). The molecule has 0 saturated carbocycles. The van der Waals surface area contributed by atoms with Gasteiger partial charge >= 0.3 is 6.09 Å². The van der Waals surface area contributed by atoms with Crippen LogP contribution in [-0.4, -0.2) is 51.4 Å². The smallest absolute Gasteiger partial charge is 0.410 e. The Balaban J connectivity index is 1.44. The third-order valence-electron chi connectivity index (χ3n) is 6.38. The molecule has 0 bridgehead atoms. The summed E-state index contributed by atoms with van der Waals surface area (Å²) in [4.78, 5) is 28.1. The van der Waals surface area contributed by atoms with E-state index in [1.165, 1.54) is 5.56 Å². The number of ether oxygens (including phenoxy) is 1. The fraction of sp³-hybridized carbons (Fsp3) is 0.560. The van der Waals surface area contributed by atoms with E-state index in [1.54, 1.807) is 11.8 Å². The Morgan fingerprint density at radius 3 is 2.47 bits per heavy atom. The highest BCUT2D eigenvalue weighted by molar-refractivity contribution is 5.94. The van der Waals surface area contributed by atoms with Crippen LogP contribution in [0.1, 0.15) is 65.5 Å². The van der Waals surface area contributed by atoms with Gasteiger partial charge in [-0.05, 0) is 76.6 Å². The number of nitrogens with zero attached hydrogens (tertiary/aromatic N) is 4. The molecular formula is C25H34N4O3. The zero-order valence-electron chi connectivity index (χ0n) is 19.8. The number of aromatic nitrogens is 2. The van der Waals surface area contributed by atoms with Crippen LogP contribution in [0.3, 0.4) is 0 Å². The van der Waals surface area contributed by atoms with E-state index in [2.05, 4.69) is 36.4 Å². The van der Waals surface area contributed by atoms with Gasteiger partial charge in [-0.1, -0.05) is 6.07 Å². The molecule has 0 N–H and O–H groups in total. The summed E-state index contributed by atoms with van der Waals surface area (Å²) in [5, 5.41) is 4.63. The van der Waals surface area contributed by atoms with Gasteiger partial charge in [0, 0.05) is 43.5 Å². The van der Waals surface area contributed by atoms with E-state index < -0.39 is 5.60 Å². The SMILES string of the molecule is CC(=O)N1c2ccc(-c3cnn(C4CCN(C(=O)OC(C)(C)C)CC4)c3)cc2CC[C@@H]1C. The first-order valence-corrected chi connectivity index (χ1v) is 11.6. The van der Waals surface area contributed by atoms with Crippen molar-refractivity contribution in [2.45, 2.75) is 78.0 Å². The molecule has 172 valence electrons. The summed E-state index contributed by atoms with van der Waals surface area (Å²) >= 11 is 0. The van der Waals surface area contributed by atoms with Crippen LogP contribution >= 0.6 is 0 Å². The monoisotopic (exact) mass is 438 g/mol. The van der Waals surface area contributed by atoms with E-state index in [0.29, 0.717) is 13.1 Å². The number of carbonyl (C=O) groups is 2. The maximum Gasteiger partial charge on any atom is 0.410 e. The Bertz CT molecular complexity index is 999. The fourth-order valence-electron chi connectivity index (χ4n) is 4.74. The van der Waals surface area contributed by atoms with E-state index in [0.717, 1.165) is 42.5 Å². The van der Waals surface area contributed by atoms with Crippen LogP contribution in [-0.2, 0) is 16.0 Å². The number of rotatable bonds is 2. The number of aryl methyl sites for hydroxylation is 1. The number of carbonyl (C=O) groups excluding carboxylic acids is 2. The van der Waals surface area contributed by atoms with Gasteiger partial charge in [-0.15, -0.1) is 0 Å². The molecule has 1 atom stereocenters. The van der Waals surface area contributed by atoms with Gasteiger partial charge in [0.25, 0.3) is 0 Å². The number of hydrogen-bond acceptors (Lipinski definition) is 4. The Morgan fingerprint density at radius 2 is 1.81 bits per heavy atom. The highest BCUT2D eigenvalue weighted by Gasteiger charge is 2.29. The number of anilines is 1. The molecule has 0 spiro atoms. The zero-order valence-corrected chi connectivity index (χ0v) is 19.8. The van der Waals surface area contributed by atoms with Crippen LogP contribution in [0.15, 0.2) is 30.6 Å². The van der Waals surface area contributed by atoms with Crippen LogP contribution in [0.25, 0.3) is 11.1 Å². The molecule has 1 aromatic heterocycles. The van der Waals surface area contributed by atoms with E-state index in [1.807, 2.05) is 36.5 Å². The molecule has 1 fully saturated rings. The largest absolute Gasteiger partial charge is 0.444 e. The Kier molecular flexibility index (Phi) is 6.01. The lowest BCUT2D eigenvalue weighted by molar-refractivity contribution is -0.117. The zero-order chi connectivity index (χ0) is 23.0. The maximum atomic E-state index is 12.3. The number of piperidine rings is 1. The normalized spacial score (nSPS) is 19.6. The third kappa shape index (κ3) is 4.66. The average molecular weight is 439 g/mol. The quantitative estimate of drug-likeness (QED) is 0.675. The minimum Gasteiger partial charge on any atom is -0.444 e. The van der Waals surface area contributed by atoms with E-state index >= 15 is 0 Å². The average Bonchev–Trinajstić information content (AvgIpc) is 3.22. The summed E-state index contributed by atoms with van der Waals surface area (Å²) in [6.45, 7) is 10.8. The van der Waals surface area contributed by atoms with Crippen LogP contribution in [0.4, 0.5) is 10.5 Å². The minimum absolute atomic E-state index is 0.0942. The van der Waals surface area contributed by atoms with Crippen molar-refractivity contribution in [3.8, 4) is 11.1 Å². The number of likely N-dealkylation sites (tertiary alicyclic amines) is 1. The first kappa shape index (κ1) is 22.4. The minimum atomic E-state index is -0.473. The van der Waals surface area contributed by atoms with Crippen molar-refractivity contribution in [3.05, 3.63) is 36.2 Å². The molecule has 0 unspecified atom stereocenters. The lowest BCUT2D eigenvalue weighted by Gasteiger charge is -2.34. The molecule has 7 nitrogen and oxygen atoms in total. The van der Waals surface area contributed by atoms with Gasteiger partial charge in [0.2, 0.25) is 5.91 Å². The fourth-order valence-corrected chi connectivity index (χ4v) is 4.74. The summed E-state index contributed by atoms with van der Waals surface area (Å²) < 4.78 is 7.53.